The van der Waals surface area contributed by atoms with Crippen LogP contribution in [0.5, 0.6) is 0 Å². The summed E-state index contributed by atoms with van der Waals surface area (Å²) in [6, 6.07) is 3.91. The second-order valence-corrected chi connectivity index (χ2v) is 4.53. The molecule has 1 aromatic rings. The van der Waals surface area contributed by atoms with Crippen LogP contribution in [0.25, 0.3) is 0 Å². The van der Waals surface area contributed by atoms with Crippen LogP contribution in [0.2, 0.25) is 0 Å². The van der Waals surface area contributed by atoms with Crippen molar-refractivity contribution in [2.75, 3.05) is 42.9 Å². The average Bonchev–Trinajstić information content (AvgIpc) is 2.48. The van der Waals surface area contributed by atoms with E-state index in [0.717, 1.165) is 44.4 Å². The first kappa shape index (κ1) is 13.6. The van der Waals surface area contributed by atoms with Gasteiger partial charge in [-0.05, 0) is 19.1 Å². The Morgan fingerprint density at radius 2 is 1.95 bits per heavy atom. The predicted octanol–water partition coefficient (Wildman–Crippen LogP) is 0.967. The molecule has 0 atom stereocenters. The molecule has 0 unspecified atom stereocenters. The molecule has 0 bridgehead atoms. The van der Waals surface area contributed by atoms with E-state index in [0.29, 0.717) is 6.42 Å². The van der Waals surface area contributed by atoms with Gasteiger partial charge in [-0.2, -0.15) is 0 Å². The molecule has 1 fully saturated rings. The first-order valence-electron chi connectivity index (χ1n) is 6.85. The number of aromatic nitrogens is 2. The van der Waals surface area contributed by atoms with Crippen molar-refractivity contribution in [2.24, 2.45) is 0 Å². The van der Waals surface area contributed by atoms with Gasteiger partial charge in [-0.25, -0.2) is 0 Å². The SMILES string of the molecule is CCNc1ccc(N2CCN(C(=O)CC)CC2)nn1. The van der Waals surface area contributed by atoms with Gasteiger partial charge in [-0.1, -0.05) is 6.92 Å². The van der Waals surface area contributed by atoms with Crippen molar-refractivity contribution < 1.29 is 4.79 Å². The number of carbonyl (C=O) groups is 1. The Labute approximate surface area is 113 Å². The number of carbonyl (C=O) groups excluding carboxylic acids is 1. The molecule has 1 saturated heterocycles. The van der Waals surface area contributed by atoms with E-state index >= 15 is 0 Å². The van der Waals surface area contributed by atoms with E-state index in [1.165, 1.54) is 0 Å². The maximum absolute atomic E-state index is 11.6. The third kappa shape index (κ3) is 3.33. The fraction of sp³-hybridized carbons (Fsp3) is 0.615. The third-order valence-corrected chi connectivity index (χ3v) is 3.27. The molecule has 6 nitrogen and oxygen atoms in total. The van der Waals surface area contributed by atoms with Gasteiger partial charge >= 0.3 is 0 Å². The van der Waals surface area contributed by atoms with Gasteiger partial charge in [0.15, 0.2) is 5.82 Å². The zero-order chi connectivity index (χ0) is 13.7. The normalized spacial score (nSPS) is 15.5. The van der Waals surface area contributed by atoms with Gasteiger partial charge in [0.1, 0.15) is 5.82 Å². The summed E-state index contributed by atoms with van der Waals surface area (Å²) < 4.78 is 0. The number of hydrogen-bond donors (Lipinski definition) is 1. The molecule has 0 spiro atoms. The first-order valence-corrected chi connectivity index (χ1v) is 6.85. The maximum atomic E-state index is 11.6. The number of amides is 1. The molecule has 1 aliphatic heterocycles. The summed E-state index contributed by atoms with van der Waals surface area (Å²) in [5.74, 6) is 1.91. The summed E-state index contributed by atoms with van der Waals surface area (Å²) in [4.78, 5) is 15.7. The van der Waals surface area contributed by atoms with Crippen LogP contribution in [0.4, 0.5) is 11.6 Å². The van der Waals surface area contributed by atoms with Crippen LogP contribution >= 0.6 is 0 Å². The first-order chi connectivity index (χ1) is 9.24. The number of piperazine rings is 1. The Balaban J connectivity index is 1.92. The summed E-state index contributed by atoms with van der Waals surface area (Å²) >= 11 is 0. The lowest BCUT2D eigenvalue weighted by Crippen LogP contribution is -2.48. The molecule has 2 heterocycles. The second-order valence-electron chi connectivity index (χ2n) is 4.53. The maximum Gasteiger partial charge on any atom is 0.222 e. The Morgan fingerprint density at radius 3 is 2.47 bits per heavy atom. The molecule has 104 valence electrons. The van der Waals surface area contributed by atoms with Crippen LogP contribution in [0.3, 0.4) is 0 Å². The molecular formula is C13H21N5O. The Morgan fingerprint density at radius 1 is 1.21 bits per heavy atom. The van der Waals surface area contributed by atoms with Crippen LogP contribution in [-0.2, 0) is 4.79 Å². The molecule has 0 saturated carbocycles. The van der Waals surface area contributed by atoms with E-state index in [1.807, 2.05) is 30.9 Å². The monoisotopic (exact) mass is 263 g/mol. The largest absolute Gasteiger partial charge is 0.369 e. The number of nitrogens with zero attached hydrogens (tertiary/aromatic N) is 4. The van der Waals surface area contributed by atoms with Gasteiger partial charge in [0.25, 0.3) is 0 Å². The van der Waals surface area contributed by atoms with Gasteiger partial charge in [-0.15, -0.1) is 10.2 Å². The number of rotatable bonds is 4. The summed E-state index contributed by atoms with van der Waals surface area (Å²) in [6.45, 7) is 7.94. The number of nitrogens with one attached hydrogen (secondary N) is 1. The Kier molecular flexibility index (Phi) is 4.54. The van der Waals surface area contributed by atoms with Crippen molar-refractivity contribution in [3.8, 4) is 0 Å². The fourth-order valence-electron chi connectivity index (χ4n) is 2.18. The topological polar surface area (TPSA) is 61.4 Å². The lowest BCUT2D eigenvalue weighted by atomic mass is 10.3. The molecule has 6 heteroatoms. The molecule has 0 aromatic carbocycles. The molecule has 0 radical (unpaired) electrons. The van der Waals surface area contributed by atoms with E-state index < -0.39 is 0 Å². The molecule has 2 rings (SSSR count). The fourth-order valence-corrected chi connectivity index (χ4v) is 2.18. The minimum atomic E-state index is 0.230. The minimum Gasteiger partial charge on any atom is -0.369 e. The smallest absolute Gasteiger partial charge is 0.222 e. The highest BCUT2D eigenvalue weighted by atomic mass is 16.2. The standard InChI is InChI=1S/C13H21N5O/c1-3-13(19)18-9-7-17(8-10-18)12-6-5-11(14-4-2)15-16-12/h5-6H,3-4,7-10H2,1-2H3,(H,14,15). The molecule has 1 aromatic heterocycles. The van der Waals surface area contributed by atoms with Gasteiger partial charge in [-0.3, -0.25) is 4.79 Å². The molecular weight excluding hydrogens is 242 g/mol. The van der Waals surface area contributed by atoms with Gasteiger partial charge in [0.2, 0.25) is 5.91 Å². The minimum absolute atomic E-state index is 0.230. The lowest BCUT2D eigenvalue weighted by Gasteiger charge is -2.35. The van der Waals surface area contributed by atoms with Crippen LogP contribution in [0.15, 0.2) is 12.1 Å². The summed E-state index contributed by atoms with van der Waals surface area (Å²) in [5.41, 5.74) is 0. The van der Waals surface area contributed by atoms with Crippen LogP contribution in [0.1, 0.15) is 20.3 Å². The van der Waals surface area contributed by atoms with Crippen molar-refractivity contribution >= 4 is 17.5 Å². The van der Waals surface area contributed by atoms with Crippen molar-refractivity contribution in [1.82, 2.24) is 15.1 Å². The van der Waals surface area contributed by atoms with Crippen LogP contribution in [-0.4, -0.2) is 53.7 Å². The van der Waals surface area contributed by atoms with Crippen LogP contribution < -0.4 is 10.2 Å². The van der Waals surface area contributed by atoms with E-state index in [-0.39, 0.29) is 5.91 Å². The van der Waals surface area contributed by atoms with E-state index in [2.05, 4.69) is 20.4 Å². The number of hydrogen-bond acceptors (Lipinski definition) is 5. The molecule has 1 amide bonds. The summed E-state index contributed by atoms with van der Waals surface area (Å²) in [6.07, 6.45) is 0.581. The molecule has 1 N–H and O–H groups in total. The van der Waals surface area contributed by atoms with Crippen molar-refractivity contribution in [3.63, 3.8) is 0 Å². The zero-order valence-corrected chi connectivity index (χ0v) is 11.6. The van der Waals surface area contributed by atoms with Crippen molar-refractivity contribution in [2.45, 2.75) is 20.3 Å². The van der Waals surface area contributed by atoms with Crippen molar-refractivity contribution in [1.29, 1.82) is 0 Å². The number of anilines is 2. The Bertz CT molecular complexity index is 412. The van der Waals surface area contributed by atoms with Gasteiger partial charge in [0, 0.05) is 39.1 Å². The second kappa shape index (κ2) is 6.36. The highest BCUT2D eigenvalue weighted by Gasteiger charge is 2.20. The van der Waals surface area contributed by atoms with Gasteiger partial charge in [0.05, 0.1) is 0 Å². The quantitative estimate of drug-likeness (QED) is 0.877. The lowest BCUT2D eigenvalue weighted by molar-refractivity contribution is -0.131. The molecule has 1 aliphatic rings. The highest BCUT2D eigenvalue weighted by molar-refractivity contribution is 5.76. The van der Waals surface area contributed by atoms with E-state index in [1.54, 1.807) is 0 Å². The zero-order valence-electron chi connectivity index (χ0n) is 11.6. The average molecular weight is 263 g/mol. The van der Waals surface area contributed by atoms with E-state index in [9.17, 15) is 4.79 Å². The van der Waals surface area contributed by atoms with Crippen molar-refractivity contribution in [3.05, 3.63) is 12.1 Å². The third-order valence-electron chi connectivity index (χ3n) is 3.27. The predicted molar refractivity (Wildman–Crippen MR) is 75.3 cm³/mol. The summed E-state index contributed by atoms with van der Waals surface area (Å²) in [7, 11) is 0. The van der Waals surface area contributed by atoms with Crippen LogP contribution in [0, 0.1) is 0 Å². The van der Waals surface area contributed by atoms with E-state index in [4.69, 9.17) is 0 Å². The summed E-state index contributed by atoms with van der Waals surface area (Å²) in [5, 5.41) is 11.5. The highest BCUT2D eigenvalue weighted by Crippen LogP contribution is 2.14. The van der Waals surface area contributed by atoms with Gasteiger partial charge < -0.3 is 15.1 Å². The molecule has 19 heavy (non-hydrogen) atoms. The molecule has 0 aliphatic carbocycles. The Hall–Kier alpha value is -1.85.